The Balaban J connectivity index is 2.16. The highest BCUT2D eigenvalue weighted by atomic mass is 16.5. The lowest BCUT2D eigenvalue weighted by molar-refractivity contribution is 0.477. The molecule has 0 saturated carbocycles. The van der Waals surface area contributed by atoms with Crippen molar-refractivity contribution in [2.75, 3.05) is 0 Å². The summed E-state index contributed by atoms with van der Waals surface area (Å²) < 4.78 is 5.51. The maximum absolute atomic E-state index is 5.51. The molecular formula is C11H10N2O. The van der Waals surface area contributed by atoms with Gasteiger partial charge in [0.1, 0.15) is 11.6 Å². The smallest absolute Gasteiger partial charge is 0.164 e. The highest BCUT2D eigenvalue weighted by molar-refractivity contribution is 5.27. The fraction of sp³-hybridized carbons (Fsp3) is 0.0909. The quantitative estimate of drug-likeness (QED) is 0.723. The van der Waals surface area contributed by atoms with Crippen LogP contribution in [-0.2, 0) is 0 Å². The van der Waals surface area contributed by atoms with Crippen LogP contribution in [0.3, 0.4) is 0 Å². The van der Waals surface area contributed by atoms with E-state index in [2.05, 4.69) is 9.97 Å². The number of aromatic nitrogens is 2. The Bertz CT molecular complexity index is 397. The molecule has 0 bridgehead atoms. The Morgan fingerprint density at radius 2 is 1.57 bits per heavy atom. The van der Waals surface area contributed by atoms with Crippen LogP contribution in [0.4, 0.5) is 0 Å². The topological polar surface area (TPSA) is 35.0 Å². The molecule has 0 N–H and O–H groups in total. The molecule has 1 aromatic carbocycles. The zero-order valence-electron chi connectivity index (χ0n) is 7.84. The van der Waals surface area contributed by atoms with E-state index in [4.69, 9.17) is 4.74 Å². The van der Waals surface area contributed by atoms with Gasteiger partial charge in [0.15, 0.2) is 5.75 Å². The van der Waals surface area contributed by atoms with E-state index in [1.165, 1.54) is 0 Å². The third-order valence-electron chi connectivity index (χ3n) is 1.74. The number of ether oxygens (including phenoxy) is 1. The van der Waals surface area contributed by atoms with Crippen LogP contribution in [0.1, 0.15) is 5.82 Å². The Morgan fingerprint density at radius 3 is 2.21 bits per heavy atom. The molecule has 1 aromatic heterocycles. The van der Waals surface area contributed by atoms with Crippen molar-refractivity contribution in [1.29, 1.82) is 0 Å². The normalized spacial score (nSPS) is 9.79. The van der Waals surface area contributed by atoms with E-state index >= 15 is 0 Å². The van der Waals surface area contributed by atoms with E-state index in [0.29, 0.717) is 5.75 Å². The molecule has 14 heavy (non-hydrogen) atoms. The fourth-order valence-corrected chi connectivity index (χ4v) is 1.06. The van der Waals surface area contributed by atoms with Crippen LogP contribution in [0.25, 0.3) is 0 Å². The van der Waals surface area contributed by atoms with Gasteiger partial charge in [0, 0.05) is 0 Å². The van der Waals surface area contributed by atoms with Crippen molar-refractivity contribution < 1.29 is 4.74 Å². The first-order valence-corrected chi connectivity index (χ1v) is 4.36. The molecule has 0 unspecified atom stereocenters. The number of rotatable bonds is 2. The highest BCUT2D eigenvalue weighted by Gasteiger charge is 1.96. The van der Waals surface area contributed by atoms with Crippen molar-refractivity contribution in [3.8, 4) is 11.5 Å². The van der Waals surface area contributed by atoms with Gasteiger partial charge in [-0.3, -0.25) is 0 Å². The summed E-state index contributed by atoms with van der Waals surface area (Å²) in [5, 5.41) is 0. The molecule has 70 valence electrons. The minimum absolute atomic E-state index is 0.654. The van der Waals surface area contributed by atoms with Crippen molar-refractivity contribution in [3.63, 3.8) is 0 Å². The fourth-order valence-electron chi connectivity index (χ4n) is 1.06. The van der Waals surface area contributed by atoms with E-state index < -0.39 is 0 Å². The van der Waals surface area contributed by atoms with Crippen LogP contribution < -0.4 is 4.74 Å². The van der Waals surface area contributed by atoms with Gasteiger partial charge in [0.05, 0.1) is 12.4 Å². The third-order valence-corrected chi connectivity index (χ3v) is 1.74. The van der Waals surface area contributed by atoms with Gasteiger partial charge in [-0.15, -0.1) is 0 Å². The number of para-hydroxylation sites is 1. The van der Waals surface area contributed by atoms with Gasteiger partial charge in [0.25, 0.3) is 0 Å². The molecule has 3 nitrogen and oxygen atoms in total. The molecule has 3 heteroatoms. The molecule has 0 atom stereocenters. The highest BCUT2D eigenvalue weighted by Crippen LogP contribution is 2.18. The van der Waals surface area contributed by atoms with Gasteiger partial charge < -0.3 is 4.74 Å². The Kier molecular flexibility index (Phi) is 2.40. The first-order chi connectivity index (χ1) is 6.84. The number of hydrogen-bond acceptors (Lipinski definition) is 3. The Labute approximate surface area is 82.4 Å². The van der Waals surface area contributed by atoms with Gasteiger partial charge in [-0.05, 0) is 19.1 Å². The summed E-state index contributed by atoms with van der Waals surface area (Å²) in [4.78, 5) is 8.08. The predicted molar refractivity (Wildman–Crippen MR) is 53.3 cm³/mol. The van der Waals surface area contributed by atoms with Crippen LogP contribution in [0.15, 0.2) is 42.7 Å². The van der Waals surface area contributed by atoms with Crippen LogP contribution in [0, 0.1) is 6.92 Å². The molecule has 2 rings (SSSR count). The Morgan fingerprint density at radius 1 is 0.929 bits per heavy atom. The van der Waals surface area contributed by atoms with Gasteiger partial charge in [-0.1, -0.05) is 18.2 Å². The average Bonchev–Trinajstić information content (AvgIpc) is 2.23. The van der Waals surface area contributed by atoms with Crippen LogP contribution >= 0.6 is 0 Å². The summed E-state index contributed by atoms with van der Waals surface area (Å²) in [5.41, 5.74) is 0. The number of hydrogen-bond donors (Lipinski definition) is 0. The molecule has 0 fully saturated rings. The van der Waals surface area contributed by atoms with Crippen molar-refractivity contribution >= 4 is 0 Å². The zero-order chi connectivity index (χ0) is 9.80. The lowest BCUT2D eigenvalue weighted by atomic mass is 10.3. The summed E-state index contributed by atoms with van der Waals surface area (Å²) in [6.45, 7) is 1.84. The lowest BCUT2D eigenvalue weighted by Gasteiger charge is -2.03. The minimum atomic E-state index is 0.654. The SMILES string of the molecule is Cc1ncc(Oc2ccccc2)cn1. The van der Waals surface area contributed by atoms with E-state index in [1.54, 1.807) is 12.4 Å². The van der Waals surface area contributed by atoms with E-state index in [0.717, 1.165) is 11.6 Å². The van der Waals surface area contributed by atoms with Crippen LogP contribution in [0.2, 0.25) is 0 Å². The van der Waals surface area contributed by atoms with Crippen molar-refractivity contribution in [2.24, 2.45) is 0 Å². The molecule has 2 aromatic rings. The largest absolute Gasteiger partial charge is 0.454 e. The van der Waals surface area contributed by atoms with E-state index in [9.17, 15) is 0 Å². The molecule has 0 aliphatic rings. The number of nitrogens with zero attached hydrogens (tertiary/aromatic N) is 2. The second-order valence-corrected chi connectivity index (χ2v) is 2.88. The van der Waals surface area contributed by atoms with Gasteiger partial charge in [-0.25, -0.2) is 9.97 Å². The molecule has 1 heterocycles. The second-order valence-electron chi connectivity index (χ2n) is 2.88. The molecule has 0 radical (unpaired) electrons. The molecule has 0 amide bonds. The van der Waals surface area contributed by atoms with Crippen molar-refractivity contribution in [2.45, 2.75) is 6.92 Å². The van der Waals surface area contributed by atoms with Gasteiger partial charge in [0.2, 0.25) is 0 Å². The van der Waals surface area contributed by atoms with Gasteiger partial charge >= 0.3 is 0 Å². The molecule has 0 aliphatic carbocycles. The summed E-state index contributed by atoms with van der Waals surface area (Å²) in [6.07, 6.45) is 3.32. The molecule has 0 aliphatic heterocycles. The second kappa shape index (κ2) is 3.87. The molecular weight excluding hydrogens is 176 g/mol. The monoisotopic (exact) mass is 186 g/mol. The van der Waals surface area contributed by atoms with E-state index in [1.807, 2.05) is 37.3 Å². The number of aryl methyl sites for hydroxylation is 1. The molecule has 0 spiro atoms. The van der Waals surface area contributed by atoms with Crippen molar-refractivity contribution in [1.82, 2.24) is 9.97 Å². The predicted octanol–water partition coefficient (Wildman–Crippen LogP) is 2.58. The summed E-state index contributed by atoms with van der Waals surface area (Å²) in [6, 6.07) is 9.56. The lowest BCUT2D eigenvalue weighted by Crippen LogP contribution is -1.89. The number of benzene rings is 1. The summed E-state index contributed by atoms with van der Waals surface area (Å²) in [7, 11) is 0. The third kappa shape index (κ3) is 2.07. The van der Waals surface area contributed by atoms with Crippen LogP contribution in [0.5, 0.6) is 11.5 Å². The Hall–Kier alpha value is -1.90. The average molecular weight is 186 g/mol. The maximum atomic E-state index is 5.51. The van der Waals surface area contributed by atoms with Crippen LogP contribution in [-0.4, -0.2) is 9.97 Å². The first kappa shape index (κ1) is 8.69. The minimum Gasteiger partial charge on any atom is -0.454 e. The molecule has 0 saturated heterocycles. The standard InChI is InChI=1S/C11H10N2O/c1-9-12-7-11(8-13-9)14-10-5-3-2-4-6-10/h2-8H,1H3. The maximum Gasteiger partial charge on any atom is 0.164 e. The van der Waals surface area contributed by atoms with Crippen molar-refractivity contribution in [3.05, 3.63) is 48.5 Å². The zero-order valence-corrected chi connectivity index (χ0v) is 7.84. The van der Waals surface area contributed by atoms with E-state index in [-0.39, 0.29) is 0 Å². The summed E-state index contributed by atoms with van der Waals surface area (Å²) in [5.74, 6) is 2.19. The summed E-state index contributed by atoms with van der Waals surface area (Å²) >= 11 is 0. The van der Waals surface area contributed by atoms with Gasteiger partial charge in [-0.2, -0.15) is 0 Å². The first-order valence-electron chi connectivity index (χ1n) is 4.36.